The van der Waals surface area contributed by atoms with Crippen molar-refractivity contribution in [1.29, 1.82) is 0 Å². The van der Waals surface area contributed by atoms with E-state index in [4.69, 9.17) is 0 Å². The standard InChI is InChI=1S/C23H26FN5O3S/c1-3-28-15-25-26-22(28)17-10-12-29(13-11-17)23(30)21-14-20(9-4-16(21)2)33(31,32)27-19-7-5-18(24)6-8-19/h4-9,14-15,17,27H,3,10-13H2,1-2H3. The van der Waals surface area contributed by atoms with Crippen LogP contribution in [0.1, 0.15) is 47.4 Å². The number of hydrogen-bond donors (Lipinski definition) is 1. The molecule has 33 heavy (non-hydrogen) atoms. The molecule has 0 atom stereocenters. The Morgan fingerprint density at radius 2 is 1.85 bits per heavy atom. The molecule has 2 aromatic carbocycles. The number of carbonyl (C=O) groups excluding carboxylic acids is 1. The minimum Gasteiger partial charge on any atom is -0.339 e. The summed E-state index contributed by atoms with van der Waals surface area (Å²) in [6, 6.07) is 9.53. The molecule has 1 amide bonds. The molecule has 1 aliphatic rings. The van der Waals surface area contributed by atoms with E-state index in [0.29, 0.717) is 24.2 Å². The van der Waals surface area contributed by atoms with Gasteiger partial charge in [-0.1, -0.05) is 6.07 Å². The fourth-order valence-electron chi connectivity index (χ4n) is 4.07. The maximum atomic E-state index is 13.2. The molecule has 1 fully saturated rings. The van der Waals surface area contributed by atoms with Crippen molar-refractivity contribution >= 4 is 21.6 Å². The molecule has 1 aliphatic heterocycles. The van der Waals surface area contributed by atoms with Crippen LogP contribution in [0.3, 0.4) is 0 Å². The minimum atomic E-state index is -3.94. The van der Waals surface area contributed by atoms with Gasteiger partial charge in [0.25, 0.3) is 15.9 Å². The topological polar surface area (TPSA) is 97.2 Å². The number of anilines is 1. The Balaban J connectivity index is 1.49. The van der Waals surface area contributed by atoms with Crippen molar-refractivity contribution in [3.63, 3.8) is 0 Å². The molecular formula is C23H26FN5O3S. The summed E-state index contributed by atoms with van der Waals surface area (Å²) in [5.74, 6) is 0.534. The maximum Gasteiger partial charge on any atom is 0.261 e. The second kappa shape index (κ2) is 9.30. The third kappa shape index (κ3) is 4.90. The second-order valence-electron chi connectivity index (χ2n) is 8.13. The lowest BCUT2D eigenvalue weighted by Gasteiger charge is -2.32. The van der Waals surface area contributed by atoms with E-state index in [2.05, 4.69) is 14.9 Å². The zero-order valence-corrected chi connectivity index (χ0v) is 19.3. The quantitative estimate of drug-likeness (QED) is 0.593. The Labute approximate surface area is 192 Å². The van der Waals surface area contributed by atoms with Gasteiger partial charge in [0, 0.05) is 36.8 Å². The highest BCUT2D eigenvalue weighted by molar-refractivity contribution is 7.92. The molecule has 0 saturated carbocycles. The van der Waals surface area contributed by atoms with Crippen LogP contribution in [0.2, 0.25) is 0 Å². The van der Waals surface area contributed by atoms with E-state index in [-0.39, 0.29) is 22.4 Å². The number of nitrogens with one attached hydrogen (secondary N) is 1. The van der Waals surface area contributed by atoms with Gasteiger partial charge in [-0.15, -0.1) is 10.2 Å². The number of aryl methyl sites for hydroxylation is 2. The number of aromatic nitrogens is 3. The third-order valence-electron chi connectivity index (χ3n) is 5.98. The summed E-state index contributed by atoms with van der Waals surface area (Å²) in [5.41, 5.74) is 1.30. The van der Waals surface area contributed by atoms with Crippen LogP contribution in [-0.4, -0.2) is 47.1 Å². The molecule has 0 spiro atoms. The highest BCUT2D eigenvalue weighted by Crippen LogP contribution is 2.28. The largest absolute Gasteiger partial charge is 0.339 e. The molecule has 0 unspecified atom stereocenters. The Morgan fingerprint density at radius 1 is 1.15 bits per heavy atom. The van der Waals surface area contributed by atoms with E-state index in [0.717, 1.165) is 25.2 Å². The number of nitrogens with zero attached hydrogens (tertiary/aromatic N) is 4. The Bertz CT molecular complexity index is 1250. The average Bonchev–Trinajstić information content (AvgIpc) is 3.29. The van der Waals surface area contributed by atoms with Crippen LogP contribution in [-0.2, 0) is 16.6 Å². The van der Waals surface area contributed by atoms with Crippen LogP contribution in [0, 0.1) is 12.7 Å². The molecule has 0 radical (unpaired) electrons. The lowest BCUT2D eigenvalue weighted by Crippen LogP contribution is -2.38. The van der Waals surface area contributed by atoms with Crippen molar-refractivity contribution in [1.82, 2.24) is 19.7 Å². The van der Waals surface area contributed by atoms with Crippen LogP contribution in [0.4, 0.5) is 10.1 Å². The van der Waals surface area contributed by atoms with Crippen molar-refractivity contribution in [3.05, 3.63) is 71.6 Å². The molecule has 3 aromatic rings. The molecular weight excluding hydrogens is 445 g/mol. The number of amides is 1. The highest BCUT2D eigenvalue weighted by atomic mass is 32.2. The smallest absolute Gasteiger partial charge is 0.261 e. The van der Waals surface area contributed by atoms with Gasteiger partial charge in [0.1, 0.15) is 18.0 Å². The number of rotatable bonds is 6. The SMILES string of the molecule is CCn1cnnc1C1CCN(C(=O)c2cc(S(=O)(=O)Nc3ccc(F)cc3)ccc2C)CC1. The molecule has 8 nitrogen and oxygen atoms in total. The summed E-state index contributed by atoms with van der Waals surface area (Å²) in [6.07, 6.45) is 3.27. The summed E-state index contributed by atoms with van der Waals surface area (Å²) in [6.45, 7) is 5.75. The maximum absolute atomic E-state index is 13.2. The van der Waals surface area contributed by atoms with Crippen LogP contribution in [0.25, 0.3) is 0 Å². The van der Waals surface area contributed by atoms with Gasteiger partial charge in [0.2, 0.25) is 0 Å². The van der Waals surface area contributed by atoms with Gasteiger partial charge in [-0.05, 0) is 68.7 Å². The molecule has 1 N–H and O–H groups in total. The lowest BCUT2D eigenvalue weighted by molar-refractivity contribution is 0.0709. The van der Waals surface area contributed by atoms with Crippen molar-refractivity contribution in [2.45, 2.75) is 44.0 Å². The molecule has 4 rings (SSSR count). The predicted octanol–water partition coefficient (Wildman–Crippen LogP) is 3.57. The third-order valence-corrected chi connectivity index (χ3v) is 7.36. The molecule has 0 bridgehead atoms. The van der Waals surface area contributed by atoms with Gasteiger partial charge in [0.15, 0.2) is 0 Å². The second-order valence-corrected chi connectivity index (χ2v) is 9.81. The first-order valence-corrected chi connectivity index (χ1v) is 12.3. The normalized spacial score (nSPS) is 14.9. The van der Waals surface area contributed by atoms with Gasteiger partial charge < -0.3 is 9.47 Å². The average molecular weight is 472 g/mol. The van der Waals surface area contributed by atoms with E-state index in [9.17, 15) is 17.6 Å². The summed E-state index contributed by atoms with van der Waals surface area (Å²) < 4.78 is 43.2. The summed E-state index contributed by atoms with van der Waals surface area (Å²) in [7, 11) is -3.94. The number of benzene rings is 2. The molecule has 2 heterocycles. The van der Waals surface area contributed by atoms with Crippen LogP contribution < -0.4 is 4.72 Å². The van der Waals surface area contributed by atoms with E-state index in [1.165, 1.54) is 36.4 Å². The Hall–Kier alpha value is -3.27. The number of likely N-dealkylation sites (tertiary alicyclic amines) is 1. The van der Waals surface area contributed by atoms with E-state index >= 15 is 0 Å². The molecule has 10 heteroatoms. The number of carbonyl (C=O) groups is 1. The first-order valence-electron chi connectivity index (χ1n) is 10.8. The molecule has 174 valence electrons. The lowest BCUT2D eigenvalue weighted by atomic mass is 9.95. The fourth-order valence-corrected chi connectivity index (χ4v) is 5.15. The van der Waals surface area contributed by atoms with E-state index in [1.807, 2.05) is 11.5 Å². The van der Waals surface area contributed by atoms with E-state index in [1.54, 1.807) is 24.2 Å². The number of halogens is 1. The predicted molar refractivity (Wildman–Crippen MR) is 122 cm³/mol. The monoisotopic (exact) mass is 471 g/mol. The van der Waals surface area contributed by atoms with Crippen molar-refractivity contribution in [2.75, 3.05) is 17.8 Å². The summed E-state index contributed by atoms with van der Waals surface area (Å²) >= 11 is 0. The minimum absolute atomic E-state index is 0.0216. The zero-order valence-electron chi connectivity index (χ0n) is 18.5. The first-order chi connectivity index (χ1) is 15.8. The Morgan fingerprint density at radius 3 is 2.52 bits per heavy atom. The van der Waals surface area contributed by atoms with Gasteiger partial charge in [0.05, 0.1) is 4.90 Å². The first kappa shape index (κ1) is 22.9. The van der Waals surface area contributed by atoms with Crippen molar-refractivity contribution in [2.24, 2.45) is 0 Å². The van der Waals surface area contributed by atoms with Gasteiger partial charge in [-0.25, -0.2) is 12.8 Å². The van der Waals surface area contributed by atoms with Gasteiger partial charge in [-0.2, -0.15) is 0 Å². The summed E-state index contributed by atoms with van der Waals surface area (Å²) in [5, 5.41) is 8.25. The number of piperidine rings is 1. The van der Waals surface area contributed by atoms with Gasteiger partial charge in [-0.3, -0.25) is 9.52 Å². The molecule has 1 aromatic heterocycles. The van der Waals surface area contributed by atoms with Crippen molar-refractivity contribution in [3.8, 4) is 0 Å². The van der Waals surface area contributed by atoms with E-state index < -0.39 is 15.8 Å². The molecule has 1 saturated heterocycles. The molecule has 0 aliphatic carbocycles. The van der Waals surface area contributed by atoms with Gasteiger partial charge >= 0.3 is 0 Å². The number of hydrogen-bond acceptors (Lipinski definition) is 5. The highest BCUT2D eigenvalue weighted by Gasteiger charge is 2.28. The Kier molecular flexibility index (Phi) is 6.46. The van der Waals surface area contributed by atoms with Crippen LogP contribution in [0.15, 0.2) is 53.7 Å². The zero-order chi connectivity index (χ0) is 23.6. The fraction of sp³-hybridized carbons (Fsp3) is 0.348. The number of sulfonamides is 1. The summed E-state index contributed by atoms with van der Waals surface area (Å²) in [4.78, 5) is 15.0. The van der Waals surface area contributed by atoms with Crippen LogP contribution in [0.5, 0.6) is 0 Å². The van der Waals surface area contributed by atoms with Crippen molar-refractivity contribution < 1.29 is 17.6 Å². The van der Waals surface area contributed by atoms with Crippen LogP contribution >= 0.6 is 0 Å².